The molecule has 0 saturated heterocycles. The van der Waals surface area contributed by atoms with Gasteiger partial charge in [-0.05, 0) is 6.07 Å². The molecule has 0 aliphatic rings. The van der Waals surface area contributed by atoms with E-state index in [1.165, 1.54) is 18.6 Å². The number of nitrogens with one attached hydrogen (secondary N) is 1. The van der Waals surface area contributed by atoms with Crippen molar-refractivity contribution in [1.82, 2.24) is 20.0 Å². The Morgan fingerprint density at radius 3 is 3.04 bits per heavy atom. The molecule has 0 saturated carbocycles. The second-order valence-electron chi connectivity index (χ2n) is 4.99. The van der Waals surface area contributed by atoms with Crippen molar-refractivity contribution in [3.05, 3.63) is 60.3 Å². The highest BCUT2D eigenvalue weighted by molar-refractivity contribution is 6.00. The number of amides is 1. The van der Waals surface area contributed by atoms with Gasteiger partial charge < -0.3 is 4.57 Å². The highest BCUT2D eigenvalue weighted by Crippen LogP contribution is 2.20. The number of nitriles is 1. The third-order valence-corrected chi connectivity index (χ3v) is 3.45. The molecule has 2 heterocycles. The van der Waals surface area contributed by atoms with Crippen molar-refractivity contribution in [3.63, 3.8) is 0 Å². The monoisotopic (exact) mass is 318 g/mol. The maximum Gasteiger partial charge on any atom is 0.291 e. The van der Waals surface area contributed by atoms with Crippen LogP contribution in [0.5, 0.6) is 0 Å². The van der Waals surface area contributed by atoms with Crippen molar-refractivity contribution in [2.45, 2.75) is 13.0 Å². The number of aromatic nitrogens is 3. The molecule has 7 nitrogen and oxygen atoms in total. The van der Waals surface area contributed by atoms with Gasteiger partial charge in [0.15, 0.2) is 0 Å². The van der Waals surface area contributed by atoms with Crippen molar-refractivity contribution in [2.24, 2.45) is 5.10 Å². The lowest BCUT2D eigenvalue weighted by Crippen LogP contribution is -2.19. The quantitative estimate of drug-likeness (QED) is 0.575. The van der Waals surface area contributed by atoms with Crippen molar-refractivity contribution in [1.29, 1.82) is 5.26 Å². The molecule has 3 rings (SSSR count). The van der Waals surface area contributed by atoms with Crippen LogP contribution < -0.4 is 5.43 Å². The number of aryl methyl sites for hydroxylation is 1. The van der Waals surface area contributed by atoms with E-state index < -0.39 is 5.91 Å². The average molecular weight is 318 g/mol. The van der Waals surface area contributed by atoms with Gasteiger partial charge in [-0.1, -0.05) is 18.2 Å². The average Bonchev–Trinajstić information content (AvgIpc) is 2.99. The van der Waals surface area contributed by atoms with E-state index in [0.717, 1.165) is 16.5 Å². The minimum Gasteiger partial charge on any atom is -0.346 e. The van der Waals surface area contributed by atoms with Gasteiger partial charge in [-0.15, -0.1) is 0 Å². The largest absolute Gasteiger partial charge is 0.346 e. The van der Waals surface area contributed by atoms with Crippen molar-refractivity contribution in [2.75, 3.05) is 0 Å². The SMILES string of the molecule is N#CCCn1cc(/C=N\NC(=O)c2cnccn2)c2ccccc21. The van der Waals surface area contributed by atoms with Gasteiger partial charge in [0.2, 0.25) is 0 Å². The van der Waals surface area contributed by atoms with E-state index in [9.17, 15) is 4.79 Å². The Balaban J connectivity index is 1.80. The highest BCUT2D eigenvalue weighted by Gasteiger charge is 2.07. The van der Waals surface area contributed by atoms with E-state index in [0.29, 0.717) is 13.0 Å². The Kier molecular flexibility index (Phi) is 4.58. The molecule has 7 heteroatoms. The molecule has 1 amide bonds. The van der Waals surface area contributed by atoms with Gasteiger partial charge in [0.1, 0.15) is 5.69 Å². The number of para-hydroxylation sites is 1. The summed E-state index contributed by atoms with van der Waals surface area (Å²) < 4.78 is 2.00. The maximum atomic E-state index is 11.9. The number of nitrogens with zero attached hydrogens (tertiary/aromatic N) is 5. The van der Waals surface area contributed by atoms with Gasteiger partial charge in [0, 0.05) is 41.6 Å². The van der Waals surface area contributed by atoms with Gasteiger partial charge in [-0.2, -0.15) is 10.4 Å². The zero-order valence-electron chi connectivity index (χ0n) is 12.8. The number of carbonyl (C=O) groups is 1. The first kappa shape index (κ1) is 15.4. The number of hydrazone groups is 1. The summed E-state index contributed by atoms with van der Waals surface area (Å²) in [6.45, 7) is 0.608. The zero-order chi connectivity index (χ0) is 16.8. The summed E-state index contributed by atoms with van der Waals surface area (Å²) in [4.78, 5) is 19.6. The van der Waals surface area contributed by atoms with Gasteiger partial charge in [0.05, 0.1) is 24.9 Å². The Morgan fingerprint density at radius 2 is 2.25 bits per heavy atom. The Labute approximate surface area is 138 Å². The Bertz CT molecular complexity index is 923. The molecule has 3 aromatic rings. The molecule has 0 fully saturated rings. The van der Waals surface area contributed by atoms with Gasteiger partial charge in [-0.3, -0.25) is 9.78 Å². The zero-order valence-corrected chi connectivity index (χ0v) is 12.8. The smallest absolute Gasteiger partial charge is 0.291 e. The number of hydrogen-bond acceptors (Lipinski definition) is 5. The predicted octanol–water partition coefficient (Wildman–Crippen LogP) is 2.11. The molecule has 0 spiro atoms. The summed E-state index contributed by atoms with van der Waals surface area (Å²) in [7, 11) is 0. The van der Waals surface area contributed by atoms with Crippen LogP contribution in [-0.2, 0) is 6.54 Å². The summed E-state index contributed by atoms with van der Waals surface area (Å²) in [5.74, 6) is -0.424. The van der Waals surface area contributed by atoms with E-state index >= 15 is 0 Å². The molecule has 0 unspecified atom stereocenters. The second-order valence-corrected chi connectivity index (χ2v) is 4.99. The normalized spacial score (nSPS) is 10.8. The summed E-state index contributed by atoms with van der Waals surface area (Å²) in [5.41, 5.74) is 4.52. The molecule has 0 aliphatic heterocycles. The van der Waals surface area contributed by atoms with Crippen molar-refractivity contribution in [3.8, 4) is 6.07 Å². The molecule has 0 bridgehead atoms. The molecule has 2 aromatic heterocycles. The van der Waals surface area contributed by atoms with E-state index in [-0.39, 0.29) is 5.69 Å². The highest BCUT2D eigenvalue weighted by atomic mass is 16.2. The molecule has 1 N–H and O–H groups in total. The van der Waals surface area contributed by atoms with Gasteiger partial charge >= 0.3 is 0 Å². The van der Waals surface area contributed by atoms with Crippen LogP contribution in [0.15, 0.2) is 54.2 Å². The van der Waals surface area contributed by atoms with Crippen molar-refractivity contribution < 1.29 is 4.79 Å². The maximum absolute atomic E-state index is 11.9. The molecule has 24 heavy (non-hydrogen) atoms. The number of carbonyl (C=O) groups excluding carboxylic acids is 1. The van der Waals surface area contributed by atoms with Crippen LogP contribution in [-0.4, -0.2) is 26.7 Å². The minimum atomic E-state index is -0.424. The van der Waals surface area contributed by atoms with Gasteiger partial charge in [0.25, 0.3) is 5.91 Å². The van der Waals surface area contributed by atoms with E-state index in [2.05, 4.69) is 26.6 Å². The summed E-state index contributed by atoms with van der Waals surface area (Å²) in [6.07, 6.45) is 8.24. The fourth-order valence-electron chi connectivity index (χ4n) is 2.37. The molecule has 1 aromatic carbocycles. The lowest BCUT2D eigenvalue weighted by atomic mass is 10.2. The predicted molar refractivity (Wildman–Crippen MR) is 89.3 cm³/mol. The number of fused-ring (bicyclic) bond motifs is 1. The fraction of sp³-hybridized carbons (Fsp3) is 0.118. The van der Waals surface area contributed by atoms with E-state index in [4.69, 9.17) is 5.26 Å². The topological polar surface area (TPSA) is 96.0 Å². The third kappa shape index (κ3) is 3.28. The first-order valence-electron chi connectivity index (χ1n) is 7.34. The molecule has 0 aliphatic carbocycles. The number of benzene rings is 1. The van der Waals surface area contributed by atoms with Crippen LogP contribution in [0.2, 0.25) is 0 Å². The fourth-order valence-corrected chi connectivity index (χ4v) is 2.37. The molecule has 0 atom stereocenters. The Hall–Kier alpha value is -3.53. The first-order valence-corrected chi connectivity index (χ1v) is 7.34. The summed E-state index contributed by atoms with van der Waals surface area (Å²) in [6, 6.07) is 9.99. The van der Waals surface area contributed by atoms with E-state index in [1.807, 2.05) is 35.0 Å². The van der Waals surface area contributed by atoms with Crippen LogP contribution in [0.3, 0.4) is 0 Å². The van der Waals surface area contributed by atoms with Crippen molar-refractivity contribution >= 4 is 23.0 Å². The van der Waals surface area contributed by atoms with E-state index in [1.54, 1.807) is 6.21 Å². The van der Waals surface area contributed by atoms with Crippen LogP contribution >= 0.6 is 0 Å². The standard InChI is InChI=1S/C17H14N6O/c18-6-3-9-23-12-13(14-4-1-2-5-16(14)23)10-21-22-17(24)15-11-19-7-8-20-15/h1-2,4-5,7-8,10-12H,3,9H2,(H,22,24)/b21-10-. The minimum absolute atomic E-state index is 0.200. The van der Waals surface area contributed by atoms with Crippen LogP contribution in [0.25, 0.3) is 10.9 Å². The molecule has 0 radical (unpaired) electrons. The lowest BCUT2D eigenvalue weighted by Gasteiger charge is -2.00. The van der Waals surface area contributed by atoms with Gasteiger partial charge in [-0.25, -0.2) is 10.4 Å². The molecular formula is C17H14N6O. The number of rotatable bonds is 5. The molecular weight excluding hydrogens is 304 g/mol. The molecule has 118 valence electrons. The first-order chi connectivity index (χ1) is 11.8. The number of hydrogen-bond donors (Lipinski definition) is 1. The lowest BCUT2D eigenvalue weighted by molar-refractivity contribution is 0.0949. The van der Waals surface area contributed by atoms with Crippen LogP contribution in [0.4, 0.5) is 0 Å². The summed E-state index contributed by atoms with van der Waals surface area (Å²) >= 11 is 0. The second kappa shape index (κ2) is 7.15. The summed E-state index contributed by atoms with van der Waals surface area (Å²) in [5, 5.41) is 13.8. The van der Waals surface area contributed by atoms with Crippen LogP contribution in [0, 0.1) is 11.3 Å². The third-order valence-electron chi connectivity index (χ3n) is 3.45. The van der Waals surface area contributed by atoms with Crippen LogP contribution in [0.1, 0.15) is 22.5 Å². The Morgan fingerprint density at radius 1 is 1.38 bits per heavy atom.